The van der Waals surface area contributed by atoms with Crippen molar-refractivity contribution in [2.24, 2.45) is 11.8 Å². The van der Waals surface area contributed by atoms with Crippen molar-refractivity contribution in [3.63, 3.8) is 0 Å². The predicted molar refractivity (Wildman–Crippen MR) is 209 cm³/mol. The highest BCUT2D eigenvalue weighted by Gasteiger charge is 2.77. The molecule has 0 spiro atoms. The van der Waals surface area contributed by atoms with Crippen LogP contribution >= 0.6 is 0 Å². The van der Waals surface area contributed by atoms with Gasteiger partial charge in [0.25, 0.3) is 0 Å². The molecule has 0 amide bonds. The second kappa shape index (κ2) is 19.2. The molecule has 4 heterocycles. The highest BCUT2D eigenvalue weighted by Crippen LogP contribution is 2.61. The topological polar surface area (TPSA) is 257 Å². The Kier molecular flexibility index (Phi) is 14.0. The van der Waals surface area contributed by atoms with Gasteiger partial charge in [0, 0.05) is 25.0 Å². The third kappa shape index (κ3) is 9.37. The van der Waals surface area contributed by atoms with Gasteiger partial charge in [0.15, 0.2) is 30.9 Å². The smallest absolute Gasteiger partial charge is 0.331 e. The Morgan fingerprint density at radius 3 is 1.85 bits per heavy atom. The van der Waals surface area contributed by atoms with Crippen molar-refractivity contribution in [3.05, 3.63) is 84.1 Å². The minimum atomic E-state index is -1.75. The number of carbonyl (C=O) groups excluding carboxylic acids is 3. The molecule has 62 heavy (non-hydrogen) atoms. The first-order chi connectivity index (χ1) is 29.8. The molecule has 5 N–H and O–H groups in total. The van der Waals surface area contributed by atoms with E-state index in [0.29, 0.717) is 22.6 Å². The molecule has 3 saturated heterocycles. The molecule has 1 aliphatic carbocycles. The second-order valence-corrected chi connectivity index (χ2v) is 15.3. The minimum absolute atomic E-state index is 0.539. The largest absolute Gasteiger partial charge is 0.497 e. The Labute approximate surface area is 355 Å². The van der Waals surface area contributed by atoms with Crippen molar-refractivity contribution in [2.45, 2.75) is 99.4 Å². The van der Waals surface area contributed by atoms with Crippen molar-refractivity contribution in [1.82, 2.24) is 0 Å². The van der Waals surface area contributed by atoms with Crippen LogP contribution in [0.15, 0.2) is 73.0 Å². The molecule has 0 aromatic heterocycles. The van der Waals surface area contributed by atoms with Crippen LogP contribution in [0.25, 0.3) is 12.2 Å². The summed E-state index contributed by atoms with van der Waals surface area (Å²) in [6, 6.07) is 13.7. The normalized spacial score (nSPS) is 37.2. The Morgan fingerprint density at radius 1 is 0.710 bits per heavy atom. The molecule has 7 rings (SSSR count). The second-order valence-electron chi connectivity index (χ2n) is 15.3. The fourth-order valence-corrected chi connectivity index (χ4v) is 8.27. The molecule has 2 aromatic rings. The van der Waals surface area contributed by atoms with E-state index in [1.54, 1.807) is 61.5 Å². The van der Waals surface area contributed by atoms with Gasteiger partial charge in [-0.1, -0.05) is 24.3 Å². The standard InChI is InChI=1S/C43H50O19/c1-21-35(58-29(47)15-9-23-5-11-25(52-3)12-6-23)37(59-30(48)16-10-24-7-13-26(53-4)14-8-24)38(56-22(2)46)42(55-21)60-36-27-17-18-54-40(31(27)43(20-45)39(36)62-43)61-41-34(51)33(50)32(49)28(19-44)57-41/h5-18,21,27-28,31-42,44-45,49-51H,19-20H2,1-4H3/b15-9+,16-10+/t21-,27-,28+,31?,32-,33-,34+,35-,36-,37+,38+,39-,40-,41-,42-,43+/m0/s1. The van der Waals surface area contributed by atoms with E-state index in [1.165, 1.54) is 38.7 Å². The lowest BCUT2D eigenvalue weighted by molar-refractivity contribution is -0.347. The minimum Gasteiger partial charge on any atom is -0.497 e. The van der Waals surface area contributed by atoms with E-state index in [2.05, 4.69) is 0 Å². The average Bonchev–Trinajstić information content (AvgIpc) is 3.95. The van der Waals surface area contributed by atoms with Gasteiger partial charge in [-0.15, -0.1) is 0 Å². The van der Waals surface area contributed by atoms with Gasteiger partial charge >= 0.3 is 17.9 Å². The lowest BCUT2D eigenvalue weighted by atomic mass is 9.85. The zero-order valence-electron chi connectivity index (χ0n) is 34.1. The van der Waals surface area contributed by atoms with Crippen LogP contribution in [0, 0.1) is 11.8 Å². The van der Waals surface area contributed by atoms with Crippen molar-refractivity contribution >= 4 is 30.1 Å². The van der Waals surface area contributed by atoms with E-state index in [9.17, 15) is 39.9 Å². The van der Waals surface area contributed by atoms with E-state index in [4.69, 9.17) is 52.1 Å². The number of methoxy groups -OCH3 is 2. The molecule has 1 saturated carbocycles. The van der Waals surface area contributed by atoms with E-state index in [-0.39, 0.29) is 0 Å². The number of hydrogen-bond donors (Lipinski definition) is 5. The number of rotatable bonds is 15. The summed E-state index contributed by atoms with van der Waals surface area (Å²) in [4.78, 5) is 39.6. The Balaban J connectivity index is 1.14. The number of fused-ring (bicyclic) bond motifs is 3. The van der Waals surface area contributed by atoms with E-state index in [0.717, 1.165) is 13.0 Å². The van der Waals surface area contributed by atoms with E-state index < -0.39 is 128 Å². The van der Waals surface area contributed by atoms with Crippen LogP contribution in [0.3, 0.4) is 0 Å². The van der Waals surface area contributed by atoms with Gasteiger partial charge in [0.2, 0.25) is 6.29 Å². The third-order valence-electron chi connectivity index (χ3n) is 11.5. The molecule has 5 aliphatic rings. The Bertz CT molecular complexity index is 1970. The van der Waals surface area contributed by atoms with Gasteiger partial charge in [0.05, 0.1) is 51.8 Å². The fourth-order valence-electron chi connectivity index (χ4n) is 8.27. The number of hydrogen-bond acceptors (Lipinski definition) is 19. The SMILES string of the molecule is COc1ccc(/C=C/C(=O)O[C@@H]2[C@@H](OC(=O)/C=C/c3ccc(OC)cc3)[C@H](C)O[C@@H](O[C@H]3[C@H]4C=CO[C@@H](O[C@@H]5O[C@H](CO)[C@H](O)[C@H](O)[C@H]5O)C4[C@@]4(CO)O[C@@H]34)[C@@H]2OC(C)=O)cc1. The van der Waals surface area contributed by atoms with Crippen molar-refractivity contribution in [1.29, 1.82) is 0 Å². The van der Waals surface area contributed by atoms with Gasteiger partial charge in [-0.05, 0) is 60.5 Å². The van der Waals surface area contributed by atoms with E-state index >= 15 is 0 Å². The molecule has 0 bridgehead atoms. The number of ether oxygens (including phenoxy) is 11. The van der Waals surface area contributed by atoms with Crippen LogP contribution in [0.2, 0.25) is 0 Å². The Morgan fingerprint density at radius 2 is 1.31 bits per heavy atom. The molecule has 2 aromatic carbocycles. The van der Waals surface area contributed by atoms with Crippen LogP contribution in [0.4, 0.5) is 0 Å². The third-order valence-corrected chi connectivity index (χ3v) is 11.5. The van der Waals surface area contributed by atoms with Crippen molar-refractivity contribution < 1.29 is 92.0 Å². The predicted octanol–water partition coefficient (Wildman–Crippen LogP) is 0.378. The highest BCUT2D eigenvalue weighted by atomic mass is 16.8. The first kappa shape index (κ1) is 45.1. The summed E-state index contributed by atoms with van der Waals surface area (Å²) in [5.74, 6) is -2.78. The van der Waals surface area contributed by atoms with Gasteiger partial charge in [0.1, 0.15) is 47.6 Å². The highest BCUT2D eigenvalue weighted by molar-refractivity contribution is 5.88. The molecule has 19 heteroatoms. The first-order valence-electron chi connectivity index (χ1n) is 19.9. The summed E-state index contributed by atoms with van der Waals surface area (Å²) >= 11 is 0. The summed E-state index contributed by atoms with van der Waals surface area (Å²) in [7, 11) is 3.05. The summed E-state index contributed by atoms with van der Waals surface area (Å²) in [5, 5.41) is 51.7. The molecule has 0 radical (unpaired) electrons. The van der Waals surface area contributed by atoms with Crippen LogP contribution in [0.1, 0.15) is 25.0 Å². The average molecular weight is 871 g/mol. The molecule has 1 unspecified atom stereocenters. The molecule has 336 valence electrons. The monoisotopic (exact) mass is 870 g/mol. The number of carbonyl (C=O) groups is 3. The van der Waals surface area contributed by atoms with Gasteiger partial charge in [-0.3, -0.25) is 4.79 Å². The zero-order chi connectivity index (χ0) is 44.3. The lowest BCUT2D eigenvalue weighted by Gasteiger charge is -2.45. The van der Waals surface area contributed by atoms with Crippen molar-refractivity contribution in [2.75, 3.05) is 27.4 Å². The first-order valence-corrected chi connectivity index (χ1v) is 19.9. The maximum Gasteiger partial charge on any atom is 0.331 e. The number of esters is 3. The number of aliphatic hydroxyl groups excluding tert-OH is 5. The fraction of sp³-hybridized carbons (Fsp3) is 0.512. The van der Waals surface area contributed by atoms with Gasteiger partial charge in [-0.25, -0.2) is 9.59 Å². The molecule has 4 aliphatic heterocycles. The quantitative estimate of drug-likeness (QED) is 0.0702. The maximum absolute atomic E-state index is 13.5. The van der Waals surface area contributed by atoms with E-state index in [1.807, 2.05) is 0 Å². The lowest BCUT2D eigenvalue weighted by Crippen LogP contribution is -2.62. The molecular formula is C43H50O19. The van der Waals surface area contributed by atoms with Crippen LogP contribution in [-0.4, -0.2) is 156 Å². The summed E-state index contributed by atoms with van der Waals surface area (Å²) in [5.41, 5.74) is -0.0196. The molecule has 4 fully saturated rings. The van der Waals surface area contributed by atoms with Crippen LogP contribution in [0.5, 0.6) is 11.5 Å². The summed E-state index contributed by atoms with van der Waals surface area (Å²) < 4.78 is 64.2. The number of aliphatic hydroxyl groups is 5. The van der Waals surface area contributed by atoms with Crippen LogP contribution < -0.4 is 9.47 Å². The zero-order valence-corrected chi connectivity index (χ0v) is 34.1. The summed E-state index contributed by atoms with van der Waals surface area (Å²) in [6.07, 6.45) is -9.60. The number of benzene rings is 2. The van der Waals surface area contributed by atoms with Crippen LogP contribution in [-0.2, 0) is 57.0 Å². The molecular weight excluding hydrogens is 820 g/mol. The van der Waals surface area contributed by atoms with Gasteiger partial charge in [-0.2, -0.15) is 0 Å². The maximum atomic E-state index is 13.5. The molecule has 16 atom stereocenters. The number of epoxide rings is 1. The summed E-state index contributed by atoms with van der Waals surface area (Å²) in [6.45, 7) is 1.46. The van der Waals surface area contributed by atoms with Gasteiger partial charge < -0.3 is 77.6 Å². The van der Waals surface area contributed by atoms with Crippen molar-refractivity contribution in [3.8, 4) is 11.5 Å². The Hall–Kier alpha value is -4.93. The molecule has 19 nitrogen and oxygen atoms in total.